The number of sulfonamides is 1. The van der Waals surface area contributed by atoms with E-state index in [4.69, 9.17) is 0 Å². The Labute approximate surface area is 159 Å². The van der Waals surface area contributed by atoms with Gasteiger partial charge in [-0.2, -0.15) is 4.31 Å². The van der Waals surface area contributed by atoms with Crippen LogP contribution in [0.1, 0.15) is 16.7 Å². The van der Waals surface area contributed by atoms with Crippen molar-refractivity contribution < 1.29 is 13.2 Å². The topological polar surface area (TPSA) is 69.7 Å². The summed E-state index contributed by atoms with van der Waals surface area (Å²) in [6, 6.07) is 11.4. The number of anilines is 2. The van der Waals surface area contributed by atoms with E-state index in [0.29, 0.717) is 37.5 Å². The van der Waals surface area contributed by atoms with E-state index in [2.05, 4.69) is 10.2 Å². The zero-order chi connectivity index (χ0) is 19.2. The highest BCUT2D eigenvalue weighted by molar-refractivity contribution is 7.89. The van der Waals surface area contributed by atoms with Crippen molar-refractivity contribution in [1.82, 2.24) is 4.31 Å². The third-order valence-electron chi connectivity index (χ3n) is 5.27. The molecule has 27 heavy (non-hydrogen) atoms. The zero-order valence-electron chi connectivity index (χ0n) is 15.5. The van der Waals surface area contributed by atoms with Crippen LogP contribution in [0.15, 0.2) is 41.3 Å². The van der Waals surface area contributed by atoms with Gasteiger partial charge in [0.15, 0.2) is 0 Å². The SMILES string of the molecule is Cc1ccc(S(=O)(=O)N2CCN(c3ccc4c(c3)CC(=O)N4)CC2)c(C)c1. The largest absolute Gasteiger partial charge is 0.369 e. The number of hydrogen-bond acceptors (Lipinski definition) is 4. The highest BCUT2D eigenvalue weighted by Crippen LogP contribution is 2.29. The first-order valence-electron chi connectivity index (χ1n) is 9.10. The lowest BCUT2D eigenvalue weighted by molar-refractivity contribution is -0.115. The second-order valence-corrected chi connectivity index (χ2v) is 9.13. The van der Waals surface area contributed by atoms with Gasteiger partial charge in [-0.05, 0) is 49.2 Å². The molecule has 0 spiro atoms. The average Bonchev–Trinajstić information content (AvgIpc) is 3.00. The normalized spacial score (nSPS) is 17.7. The molecule has 0 saturated carbocycles. The zero-order valence-corrected chi connectivity index (χ0v) is 16.3. The molecule has 1 N–H and O–H groups in total. The number of piperazine rings is 1. The highest BCUT2D eigenvalue weighted by Gasteiger charge is 2.30. The molecule has 7 heteroatoms. The second kappa shape index (κ2) is 6.65. The summed E-state index contributed by atoms with van der Waals surface area (Å²) in [5, 5.41) is 2.84. The molecule has 1 saturated heterocycles. The van der Waals surface area contributed by atoms with E-state index in [9.17, 15) is 13.2 Å². The number of fused-ring (bicyclic) bond motifs is 1. The van der Waals surface area contributed by atoms with Gasteiger partial charge in [0.25, 0.3) is 0 Å². The monoisotopic (exact) mass is 385 g/mol. The number of hydrogen-bond donors (Lipinski definition) is 1. The van der Waals surface area contributed by atoms with Crippen molar-refractivity contribution in [2.24, 2.45) is 0 Å². The molecular formula is C20H23N3O3S. The molecule has 6 nitrogen and oxygen atoms in total. The van der Waals surface area contributed by atoms with Gasteiger partial charge in [0.05, 0.1) is 11.3 Å². The van der Waals surface area contributed by atoms with Crippen LogP contribution in [0.3, 0.4) is 0 Å². The van der Waals surface area contributed by atoms with Gasteiger partial charge in [0, 0.05) is 37.6 Å². The van der Waals surface area contributed by atoms with Crippen molar-refractivity contribution in [3.8, 4) is 0 Å². The summed E-state index contributed by atoms with van der Waals surface area (Å²) in [5.74, 6) is 0.0199. The quantitative estimate of drug-likeness (QED) is 0.880. The molecule has 142 valence electrons. The van der Waals surface area contributed by atoms with E-state index in [1.54, 1.807) is 10.4 Å². The van der Waals surface area contributed by atoms with Gasteiger partial charge >= 0.3 is 0 Å². The van der Waals surface area contributed by atoms with Gasteiger partial charge in [0.1, 0.15) is 0 Å². The Kier molecular flexibility index (Phi) is 4.44. The molecule has 0 bridgehead atoms. The molecule has 4 rings (SSSR count). The van der Waals surface area contributed by atoms with Crippen LogP contribution >= 0.6 is 0 Å². The van der Waals surface area contributed by atoms with E-state index in [1.165, 1.54) is 0 Å². The van der Waals surface area contributed by atoms with E-state index < -0.39 is 10.0 Å². The summed E-state index contributed by atoms with van der Waals surface area (Å²) in [5.41, 5.74) is 4.76. The number of carbonyl (C=O) groups is 1. The fraction of sp³-hybridized carbons (Fsp3) is 0.350. The van der Waals surface area contributed by atoms with Crippen molar-refractivity contribution in [3.63, 3.8) is 0 Å². The summed E-state index contributed by atoms with van der Waals surface area (Å²) in [4.78, 5) is 14.1. The Bertz CT molecular complexity index is 1010. The maximum absolute atomic E-state index is 13.0. The summed E-state index contributed by atoms with van der Waals surface area (Å²) in [6.45, 7) is 5.96. The average molecular weight is 385 g/mol. The van der Waals surface area contributed by atoms with Crippen molar-refractivity contribution in [2.45, 2.75) is 25.2 Å². The van der Waals surface area contributed by atoms with Crippen LogP contribution in [-0.4, -0.2) is 44.8 Å². The van der Waals surface area contributed by atoms with E-state index in [0.717, 1.165) is 28.1 Å². The van der Waals surface area contributed by atoms with Gasteiger partial charge in [-0.1, -0.05) is 17.7 Å². The molecular weight excluding hydrogens is 362 g/mol. The summed E-state index contributed by atoms with van der Waals surface area (Å²) < 4.78 is 27.6. The molecule has 0 aliphatic carbocycles. The highest BCUT2D eigenvalue weighted by atomic mass is 32.2. The van der Waals surface area contributed by atoms with Gasteiger partial charge in [-0.3, -0.25) is 4.79 Å². The molecule has 2 aliphatic rings. The number of benzene rings is 2. The molecule has 2 aliphatic heterocycles. The van der Waals surface area contributed by atoms with Crippen molar-refractivity contribution >= 4 is 27.3 Å². The molecule has 1 fully saturated rings. The van der Waals surface area contributed by atoms with Gasteiger partial charge in [-0.15, -0.1) is 0 Å². The number of nitrogens with zero attached hydrogens (tertiary/aromatic N) is 2. The number of aryl methyl sites for hydroxylation is 2. The minimum atomic E-state index is -3.48. The first-order chi connectivity index (χ1) is 12.8. The maximum Gasteiger partial charge on any atom is 0.243 e. The Morgan fingerprint density at radius 2 is 1.70 bits per heavy atom. The summed E-state index contributed by atoms with van der Waals surface area (Å²) in [6.07, 6.45) is 0.407. The van der Waals surface area contributed by atoms with Crippen LogP contribution in [0.2, 0.25) is 0 Å². The van der Waals surface area contributed by atoms with Crippen LogP contribution in [-0.2, 0) is 21.2 Å². The molecule has 2 aromatic carbocycles. The first kappa shape index (κ1) is 18.0. The Balaban J connectivity index is 1.49. The minimum absolute atomic E-state index is 0.0199. The fourth-order valence-corrected chi connectivity index (χ4v) is 5.45. The second-order valence-electron chi connectivity index (χ2n) is 7.23. The van der Waals surface area contributed by atoms with Crippen molar-refractivity contribution in [1.29, 1.82) is 0 Å². The smallest absolute Gasteiger partial charge is 0.243 e. The number of nitrogens with one attached hydrogen (secondary N) is 1. The lowest BCUT2D eigenvalue weighted by Crippen LogP contribution is -2.48. The van der Waals surface area contributed by atoms with Crippen LogP contribution in [0, 0.1) is 13.8 Å². The number of amides is 1. The van der Waals surface area contributed by atoms with Gasteiger partial charge in [-0.25, -0.2) is 8.42 Å². The van der Waals surface area contributed by atoms with Crippen LogP contribution in [0.4, 0.5) is 11.4 Å². The third-order valence-corrected chi connectivity index (χ3v) is 7.32. The molecule has 2 aromatic rings. The Hall–Kier alpha value is -2.38. The van der Waals surface area contributed by atoms with Crippen molar-refractivity contribution in [3.05, 3.63) is 53.1 Å². The molecule has 2 heterocycles. The molecule has 0 aromatic heterocycles. The predicted octanol–water partition coefficient (Wildman–Crippen LogP) is 2.31. The minimum Gasteiger partial charge on any atom is -0.369 e. The summed E-state index contributed by atoms with van der Waals surface area (Å²) >= 11 is 0. The fourth-order valence-electron chi connectivity index (χ4n) is 3.83. The molecule has 0 radical (unpaired) electrons. The van der Waals surface area contributed by atoms with Gasteiger partial charge < -0.3 is 10.2 Å². The Morgan fingerprint density at radius 1 is 0.963 bits per heavy atom. The van der Waals surface area contributed by atoms with Crippen molar-refractivity contribution in [2.75, 3.05) is 36.4 Å². The Morgan fingerprint density at radius 3 is 2.41 bits per heavy atom. The van der Waals surface area contributed by atoms with Crippen LogP contribution in [0.25, 0.3) is 0 Å². The van der Waals surface area contributed by atoms with E-state index in [-0.39, 0.29) is 5.91 Å². The number of carbonyl (C=O) groups excluding carboxylic acids is 1. The third kappa shape index (κ3) is 3.33. The molecule has 1 amide bonds. The summed E-state index contributed by atoms with van der Waals surface area (Å²) in [7, 11) is -3.48. The lowest BCUT2D eigenvalue weighted by Gasteiger charge is -2.35. The van der Waals surface area contributed by atoms with Gasteiger partial charge in [0.2, 0.25) is 15.9 Å². The first-order valence-corrected chi connectivity index (χ1v) is 10.5. The molecule has 0 unspecified atom stereocenters. The van der Waals surface area contributed by atoms with Crippen LogP contribution < -0.4 is 10.2 Å². The van der Waals surface area contributed by atoms with E-state index >= 15 is 0 Å². The maximum atomic E-state index is 13.0. The van der Waals surface area contributed by atoms with E-state index in [1.807, 2.05) is 44.2 Å². The lowest BCUT2D eigenvalue weighted by atomic mass is 10.1. The van der Waals surface area contributed by atoms with Crippen LogP contribution in [0.5, 0.6) is 0 Å². The standard InChI is InChI=1S/C20H23N3O3S/c1-14-3-6-19(15(2)11-14)27(25,26)23-9-7-22(8-10-23)17-4-5-18-16(12-17)13-20(24)21-18/h3-6,11-12H,7-10,13H2,1-2H3,(H,21,24). The number of rotatable bonds is 3. The molecule has 0 atom stereocenters. The predicted molar refractivity (Wildman–Crippen MR) is 106 cm³/mol.